The third-order valence-electron chi connectivity index (χ3n) is 5.89. The van der Waals surface area contributed by atoms with Crippen molar-refractivity contribution in [2.24, 2.45) is 0 Å². The molecule has 0 bridgehead atoms. The largest absolute Gasteiger partial charge is 0.639 e. The Hall–Kier alpha value is -0.0551. The molecule has 0 rings (SSSR count). The van der Waals surface area contributed by atoms with Crippen molar-refractivity contribution in [3.8, 4) is 0 Å². The van der Waals surface area contributed by atoms with E-state index >= 15 is 0 Å². The standard InChI is InChI=1S/C27H57BO3/c1-5-7-9-11-13-15-17-19-21-23-25-29-28(31-27(3)4)30-26-24-22-20-18-16-14-12-10-8-6-2/h27H,5-26H2,1-4H3. The molecule has 3 nitrogen and oxygen atoms in total. The van der Waals surface area contributed by atoms with E-state index in [4.69, 9.17) is 14.0 Å². The summed E-state index contributed by atoms with van der Waals surface area (Å²) in [6.07, 6.45) is 27.0. The monoisotopic (exact) mass is 440 g/mol. The van der Waals surface area contributed by atoms with E-state index in [1.165, 1.54) is 116 Å². The highest BCUT2D eigenvalue weighted by Gasteiger charge is 2.22. The fourth-order valence-electron chi connectivity index (χ4n) is 3.89. The molecule has 0 aliphatic carbocycles. The van der Waals surface area contributed by atoms with Crippen molar-refractivity contribution >= 4 is 7.32 Å². The Morgan fingerprint density at radius 3 is 1.03 bits per heavy atom. The molecule has 0 N–H and O–H groups in total. The molecule has 0 heterocycles. The fourth-order valence-corrected chi connectivity index (χ4v) is 3.89. The average Bonchev–Trinajstić information content (AvgIpc) is 2.75. The summed E-state index contributed by atoms with van der Waals surface area (Å²) in [5, 5.41) is 0. The highest BCUT2D eigenvalue weighted by Crippen LogP contribution is 2.12. The first-order valence-electron chi connectivity index (χ1n) is 14.1. The first kappa shape index (κ1) is 30.9. The maximum atomic E-state index is 5.87. The van der Waals surface area contributed by atoms with E-state index in [1.807, 2.05) is 13.8 Å². The van der Waals surface area contributed by atoms with Crippen molar-refractivity contribution in [3.05, 3.63) is 0 Å². The lowest BCUT2D eigenvalue weighted by Gasteiger charge is -2.17. The molecule has 0 aromatic carbocycles. The van der Waals surface area contributed by atoms with Crippen molar-refractivity contribution in [2.45, 2.75) is 162 Å². The van der Waals surface area contributed by atoms with E-state index in [0.717, 1.165) is 26.1 Å². The second kappa shape index (κ2) is 26.2. The number of hydrogen-bond donors (Lipinski definition) is 0. The van der Waals surface area contributed by atoms with E-state index in [2.05, 4.69) is 13.8 Å². The van der Waals surface area contributed by atoms with Gasteiger partial charge >= 0.3 is 7.32 Å². The number of rotatable bonds is 26. The van der Waals surface area contributed by atoms with Gasteiger partial charge < -0.3 is 14.0 Å². The Bertz CT molecular complexity index is 300. The molecular weight excluding hydrogens is 383 g/mol. The van der Waals surface area contributed by atoms with Crippen LogP contribution >= 0.6 is 0 Å². The smallest absolute Gasteiger partial charge is 0.386 e. The zero-order chi connectivity index (χ0) is 22.8. The first-order chi connectivity index (χ1) is 15.2. The van der Waals surface area contributed by atoms with Crippen LogP contribution in [0.5, 0.6) is 0 Å². The third-order valence-corrected chi connectivity index (χ3v) is 5.89. The van der Waals surface area contributed by atoms with Gasteiger partial charge in [-0.2, -0.15) is 0 Å². The van der Waals surface area contributed by atoms with Crippen LogP contribution in [0.1, 0.15) is 156 Å². The highest BCUT2D eigenvalue weighted by atomic mass is 16.7. The molecule has 0 atom stereocenters. The summed E-state index contributed by atoms with van der Waals surface area (Å²) in [5.41, 5.74) is 0. The molecule has 0 aliphatic heterocycles. The van der Waals surface area contributed by atoms with E-state index in [9.17, 15) is 0 Å². The second-order valence-corrected chi connectivity index (χ2v) is 9.58. The van der Waals surface area contributed by atoms with Crippen LogP contribution in [0.25, 0.3) is 0 Å². The van der Waals surface area contributed by atoms with Crippen LogP contribution < -0.4 is 0 Å². The van der Waals surface area contributed by atoms with Gasteiger partial charge in [-0.1, -0.05) is 129 Å². The Morgan fingerprint density at radius 1 is 0.452 bits per heavy atom. The van der Waals surface area contributed by atoms with E-state index in [1.54, 1.807) is 0 Å². The van der Waals surface area contributed by atoms with Crippen molar-refractivity contribution in [3.63, 3.8) is 0 Å². The van der Waals surface area contributed by atoms with Crippen LogP contribution in [0.3, 0.4) is 0 Å². The molecule has 0 unspecified atom stereocenters. The van der Waals surface area contributed by atoms with Crippen LogP contribution in [-0.2, 0) is 14.0 Å². The van der Waals surface area contributed by atoms with Gasteiger partial charge in [0.15, 0.2) is 0 Å². The Kier molecular flexibility index (Phi) is 26.2. The number of hydrogen-bond acceptors (Lipinski definition) is 3. The molecule has 0 aliphatic rings. The molecule has 0 aromatic heterocycles. The Balaban J connectivity index is 3.53. The quantitative estimate of drug-likeness (QED) is 0.0990. The van der Waals surface area contributed by atoms with E-state index in [-0.39, 0.29) is 6.10 Å². The lowest BCUT2D eigenvalue weighted by molar-refractivity contribution is 0.0675. The third kappa shape index (κ3) is 26.1. The summed E-state index contributed by atoms with van der Waals surface area (Å²) in [6, 6.07) is 0. The fraction of sp³-hybridized carbons (Fsp3) is 1.00. The van der Waals surface area contributed by atoms with Crippen LogP contribution in [0.4, 0.5) is 0 Å². The molecule has 0 radical (unpaired) electrons. The van der Waals surface area contributed by atoms with Gasteiger partial charge in [0.2, 0.25) is 0 Å². The van der Waals surface area contributed by atoms with Crippen LogP contribution in [0.15, 0.2) is 0 Å². The van der Waals surface area contributed by atoms with Gasteiger partial charge in [-0.05, 0) is 26.7 Å². The summed E-state index contributed by atoms with van der Waals surface area (Å²) in [7, 11) is -0.489. The van der Waals surface area contributed by atoms with Gasteiger partial charge in [0, 0.05) is 19.3 Å². The van der Waals surface area contributed by atoms with Crippen molar-refractivity contribution in [1.29, 1.82) is 0 Å². The molecule has 0 spiro atoms. The Morgan fingerprint density at radius 2 is 0.742 bits per heavy atom. The minimum absolute atomic E-state index is 0.130. The van der Waals surface area contributed by atoms with Crippen LogP contribution in [0.2, 0.25) is 0 Å². The molecule has 0 saturated carbocycles. The first-order valence-corrected chi connectivity index (χ1v) is 14.1. The van der Waals surface area contributed by atoms with Gasteiger partial charge in [0.25, 0.3) is 0 Å². The summed E-state index contributed by atoms with van der Waals surface area (Å²) in [4.78, 5) is 0. The maximum Gasteiger partial charge on any atom is 0.639 e. The minimum atomic E-state index is -0.489. The molecule has 0 saturated heterocycles. The van der Waals surface area contributed by atoms with Crippen molar-refractivity contribution in [2.75, 3.05) is 13.2 Å². The van der Waals surface area contributed by atoms with Crippen LogP contribution in [0, 0.1) is 0 Å². The maximum absolute atomic E-state index is 5.87. The highest BCUT2D eigenvalue weighted by molar-refractivity contribution is 6.36. The molecule has 31 heavy (non-hydrogen) atoms. The molecule has 0 amide bonds. The summed E-state index contributed by atoms with van der Waals surface area (Å²) in [5.74, 6) is 0. The molecule has 0 aromatic rings. The predicted octanol–water partition coefficient (Wildman–Crippen LogP) is 9.27. The van der Waals surface area contributed by atoms with E-state index < -0.39 is 7.32 Å². The number of unbranched alkanes of at least 4 members (excludes halogenated alkanes) is 18. The summed E-state index contributed by atoms with van der Waals surface area (Å²) in [6.45, 7) is 10.1. The normalized spacial score (nSPS) is 11.5. The second-order valence-electron chi connectivity index (χ2n) is 9.58. The average molecular weight is 441 g/mol. The minimum Gasteiger partial charge on any atom is -0.386 e. The topological polar surface area (TPSA) is 27.7 Å². The van der Waals surface area contributed by atoms with E-state index in [0.29, 0.717) is 0 Å². The predicted molar refractivity (Wildman–Crippen MR) is 138 cm³/mol. The Labute approximate surface area is 196 Å². The molecule has 186 valence electrons. The van der Waals surface area contributed by atoms with Gasteiger partial charge in [0.05, 0.1) is 0 Å². The zero-order valence-electron chi connectivity index (χ0n) is 21.9. The van der Waals surface area contributed by atoms with Crippen molar-refractivity contribution in [1.82, 2.24) is 0 Å². The summed E-state index contributed by atoms with van der Waals surface area (Å²) >= 11 is 0. The SMILES string of the molecule is CCCCCCCCCCCCOB(OCCCCCCCCCCCC)OC(C)C. The van der Waals surface area contributed by atoms with Crippen LogP contribution in [-0.4, -0.2) is 26.6 Å². The molecule has 4 heteroatoms. The molecule has 0 fully saturated rings. The van der Waals surface area contributed by atoms with Gasteiger partial charge in [-0.3, -0.25) is 0 Å². The zero-order valence-corrected chi connectivity index (χ0v) is 21.9. The van der Waals surface area contributed by atoms with Gasteiger partial charge in [0.1, 0.15) is 0 Å². The summed E-state index contributed by atoms with van der Waals surface area (Å²) < 4.78 is 17.5. The molecular formula is C27H57BO3. The van der Waals surface area contributed by atoms with Crippen molar-refractivity contribution < 1.29 is 14.0 Å². The van der Waals surface area contributed by atoms with Gasteiger partial charge in [-0.25, -0.2) is 0 Å². The lowest BCUT2D eigenvalue weighted by Crippen LogP contribution is -2.31. The van der Waals surface area contributed by atoms with Gasteiger partial charge in [-0.15, -0.1) is 0 Å². The lowest BCUT2D eigenvalue weighted by atomic mass is 10.1.